The predicted octanol–water partition coefficient (Wildman–Crippen LogP) is 5.40. The summed E-state index contributed by atoms with van der Waals surface area (Å²) >= 11 is 0. The zero-order chi connectivity index (χ0) is 24.1. The lowest BCUT2D eigenvalue weighted by Crippen LogP contribution is -2.15. The van der Waals surface area contributed by atoms with Crippen molar-refractivity contribution in [3.05, 3.63) is 90.4 Å². The lowest BCUT2D eigenvalue weighted by Gasteiger charge is -2.24. The Balaban J connectivity index is 1.88. The Bertz CT molecular complexity index is 1250. The summed E-state index contributed by atoms with van der Waals surface area (Å²) in [5, 5.41) is 9.36. The fourth-order valence-corrected chi connectivity index (χ4v) is 3.53. The van der Waals surface area contributed by atoms with Gasteiger partial charge in [-0.1, -0.05) is 12.1 Å². The second kappa shape index (κ2) is 9.99. The third-order valence-electron chi connectivity index (χ3n) is 5.15. The van der Waals surface area contributed by atoms with Crippen LogP contribution < -0.4 is 14.4 Å². The number of nitrogens with zero attached hydrogens (tertiary/aromatic N) is 3. The van der Waals surface area contributed by atoms with Gasteiger partial charge in [0.05, 0.1) is 26.3 Å². The second-order valence-electron chi connectivity index (χ2n) is 7.36. The maximum atomic E-state index is 14.0. The van der Waals surface area contributed by atoms with E-state index in [1.165, 1.54) is 18.3 Å². The molecule has 4 aromatic rings. The van der Waals surface area contributed by atoms with E-state index in [0.29, 0.717) is 34.3 Å². The molecule has 4 rings (SSSR count). The maximum Gasteiger partial charge on any atom is 0.307 e. The van der Waals surface area contributed by atoms with Crippen molar-refractivity contribution in [1.29, 1.82) is 0 Å². The summed E-state index contributed by atoms with van der Waals surface area (Å²) < 4.78 is 24.5. The van der Waals surface area contributed by atoms with Gasteiger partial charge in [-0.3, -0.25) is 9.69 Å². The van der Waals surface area contributed by atoms with Crippen LogP contribution in [0.2, 0.25) is 0 Å². The molecule has 0 unspecified atom stereocenters. The summed E-state index contributed by atoms with van der Waals surface area (Å²) in [6.07, 6.45) is 1.17. The van der Waals surface area contributed by atoms with E-state index in [1.54, 1.807) is 26.4 Å². The molecule has 0 bridgehead atoms. The molecule has 0 spiro atoms. The van der Waals surface area contributed by atoms with E-state index in [9.17, 15) is 14.3 Å². The van der Waals surface area contributed by atoms with Crippen LogP contribution in [-0.4, -0.2) is 35.3 Å². The van der Waals surface area contributed by atoms with Gasteiger partial charge in [0.2, 0.25) is 5.95 Å². The number of carboxylic acids is 1. The van der Waals surface area contributed by atoms with E-state index in [4.69, 9.17) is 14.5 Å². The van der Waals surface area contributed by atoms with Crippen LogP contribution in [0.15, 0.2) is 79.0 Å². The molecule has 0 saturated heterocycles. The van der Waals surface area contributed by atoms with Gasteiger partial charge < -0.3 is 14.6 Å². The number of hydrogen-bond acceptors (Lipinski definition) is 6. The molecule has 0 aliphatic heterocycles. The first-order chi connectivity index (χ1) is 16.5. The maximum absolute atomic E-state index is 14.0. The van der Waals surface area contributed by atoms with E-state index in [1.807, 2.05) is 53.4 Å². The van der Waals surface area contributed by atoms with Gasteiger partial charge in [0, 0.05) is 28.7 Å². The average molecular weight is 459 g/mol. The molecule has 0 fully saturated rings. The van der Waals surface area contributed by atoms with E-state index in [2.05, 4.69) is 4.98 Å². The Morgan fingerprint density at radius 1 is 0.941 bits per heavy atom. The van der Waals surface area contributed by atoms with Crippen LogP contribution >= 0.6 is 0 Å². The molecule has 172 valence electrons. The molecule has 8 heteroatoms. The first-order valence-corrected chi connectivity index (χ1v) is 10.4. The predicted molar refractivity (Wildman–Crippen MR) is 127 cm³/mol. The number of benzene rings is 3. The first kappa shape index (κ1) is 22.7. The lowest BCUT2D eigenvalue weighted by molar-refractivity contribution is -0.136. The summed E-state index contributed by atoms with van der Waals surface area (Å²) in [4.78, 5) is 22.4. The number of halogens is 1. The van der Waals surface area contributed by atoms with Crippen molar-refractivity contribution in [1.82, 2.24) is 9.97 Å². The van der Waals surface area contributed by atoms with Crippen LogP contribution in [0.3, 0.4) is 0 Å². The largest absolute Gasteiger partial charge is 0.497 e. The normalized spacial score (nSPS) is 10.6. The van der Waals surface area contributed by atoms with Crippen molar-refractivity contribution in [3.8, 4) is 22.8 Å². The number of aliphatic carboxylic acids is 1. The minimum absolute atomic E-state index is 0.294. The molecular formula is C26H22FN3O4. The molecule has 1 heterocycles. The van der Waals surface area contributed by atoms with Crippen LogP contribution in [-0.2, 0) is 11.2 Å². The Kier molecular flexibility index (Phi) is 6.68. The second-order valence-corrected chi connectivity index (χ2v) is 7.36. The summed E-state index contributed by atoms with van der Waals surface area (Å²) in [5.74, 6) is 0.203. The van der Waals surface area contributed by atoms with E-state index in [0.717, 1.165) is 11.4 Å². The summed E-state index contributed by atoms with van der Waals surface area (Å²) in [5.41, 5.74) is 2.69. The van der Waals surface area contributed by atoms with Crippen molar-refractivity contribution in [3.63, 3.8) is 0 Å². The highest BCUT2D eigenvalue weighted by Gasteiger charge is 2.20. The van der Waals surface area contributed by atoms with Crippen LogP contribution in [0.25, 0.3) is 11.3 Å². The summed E-state index contributed by atoms with van der Waals surface area (Å²) in [6.45, 7) is 0. The molecule has 7 nitrogen and oxygen atoms in total. The number of carboxylic acid groups (broad SMARTS) is 1. The number of anilines is 3. The Morgan fingerprint density at radius 3 is 2.03 bits per heavy atom. The molecule has 0 amide bonds. The molecular weight excluding hydrogens is 437 g/mol. The van der Waals surface area contributed by atoms with Gasteiger partial charge in [-0.05, 0) is 60.7 Å². The molecule has 34 heavy (non-hydrogen) atoms. The fraction of sp³-hybridized carbons (Fsp3) is 0.115. The first-order valence-electron chi connectivity index (χ1n) is 10.4. The van der Waals surface area contributed by atoms with E-state index in [-0.39, 0.29) is 6.42 Å². The zero-order valence-electron chi connectivity index (χ0n) is 18.6. The number of carbonyl (C=O) groups is 1. The van der Waals surface area contributed by atoms with Crippen molar-refractivity contribution in [2.75, 3.05) is 19.1 Å². The van der Waals surface area contributed by atoms with Gasteiger partial charge in [0.15, 0.2) is 0 Å². The van der Waals surface area contributed by atoms with Gasteiger partial charge in [-0.2, -0.15) is 0 Å². The minimum atomic E-state index is -1.03. The molecule has 0 aliphatic rings. The van der Waals surface area contributed by atoms with Crippen LogP contribution in [0, 0.1) is 5.82 Å². The molecule has 0 radical (unpaired) electrons. The molecule has 0 saturated carbocycles. The third-order valence-corrected chi connectivity index (χ3v) is 5.15. The lowest BCUT2D eigenvalue weighted by atomic mass is 10.0. The highest BCUT2D eigenvalue weighted by Crippen LogP contribution is 2.35. The summed E-state index contributed by atoms with van der Waals surface area (Å²) in [7, 11) is 3.18. The monoisotopic (exact) mass is 459 g/mol. The molecule has 3 aromatic carbocycles. The SMILES string of the molecule is COc1ccc(N(c2ccc(OC)cc2)c2ncc(CC(=O)O)c(-c3cccc(F)c3)n2)cc1. The number of rotatable bonds is 8. The number of ether oxygens (including phenoxy) is 2. The topological polar surface area (TPSA) is 84.8 Å². The van der Waals surface area contributed by atoms with Gasteiger partial charge >= 0.3 is 5.97 Å². The Labute approximate surface area is 196 Å². The molecule has 1 aromatic heterocycles. The van der Waals surface area contributed by atoms with Crippen molar-refractivity contribution in [2.45, 2.75) is 6.42 Å². The van der Waals surface area contributed by atoms with Crippen molar-refractivity contribution >= 4 is 23.3 Å². The van der Waals surface area contributed by atoms with E-state index >= 15 is 0 Å². The van der Waals surface area contributed by atoms with Gasteiger partial charge in [0.25, 0.3) is 0 Å². The Morgan fingerprint density at radius 2 is 1.53 bits per heavy atom. The Hall–Kier alpha value is -4.46. The van der Waals surface area contributed by atoms with Crippen molar-refractivity contribution < 1.29 is 23.8 Å². The number of methoxy groups -OCH3 is 2. The van der Waals surface area contributed by atoms with Gasteiger partial charge in [-0.25, -0.2) is 14.4 Å². The zero-order valence-corrected chi connectivity index (χ0v) is 18.6. The van der Waals surface area contributed by atoms with Crippen LogP contribution in [0.5, 0.6) is 11.5 Å². The number of hydrogen-bond donors (Lipinski definition) is 1. The van der Waals surface area contributed by atoms with Crippen LogP contribution in [0.4, 0.5) is 21.7 Å². The van der Waals surface area contributed by atoms with E-state index < -0.39 is 11.8 Å². The van der Waals surface area contributed by atoms with Gasteiger partial charge in [0.1, 0.15) is 17.3 Å². The minimum Gasteiger partial charge on any atom is -0.497 e. The molecule has 1 N–H and O–H groups in total. The highest BCUT2D eigenvalue weighted by atomic mass is 19.1. The van der Waals surface area contributed by atoms with Gasteiger partial charge in [-0.15, -0.1) is 0 Å². The number of aromatic nitrogens is 2. The smallest absolute Gasteiger partial charge is 0.307 e. The molecule has 0 aliphatic carbocycles. The molecule has 0 atom stereocenters. The van der Waals surface area contributed by atoms with Crippen molar-refractivity contribution in [2.24, 2.45) is 0 Å². The quantitative estimate of drug-likeness (QED) is 0.378. The standard InChI is InChI=1S/C26H22FN3O4/c1-33-22-10-6-20(7-11-22)30(21-8-12-23(34-2)13-9-21)26-28-16-18(15-24(31)32)25(29-26)17-4-3-5-19(27)14-17/h3-14,16H,15H2,1-2H3,(H,31,32). The van der Waals surface area contributed by atoms with Crippen LogP contribution in [0.1, 0.15) is 5.56 Å². The third kappa shape index (κ3) is 4.96. The fourth-order valence-electron chi connectivity index (χ4n) is 3.53. The average Bonchev–Trinajstić information content (AvgIpc) is 2.85. The highest BCUT2D eigenvalue weighted by molar-refractivity contribution is 5.78. The summed E-state index contributed by atoms with van der Waals surface area (Å²) in [6, 6.07) is 20.6.